The van der Waals surface area contributed by atoms with E-state index in [4.69, 9.17) is 4.74 Å². The maximum atomic E-state index is 12.5. The van der Waals surface area contributed by atoms with Crippen molar-refractivity contribution in [2.24, 2.45) is 0 Å². The predicted octanol–water partition coefficient (Wildman–Crippen LogP) is 2.43. The lowest BCUT2D eigenvalue weighted by Gasteiger charge is -2.15. The number of carbonyl (C=O) groups excluding carboxylic acids is 1. The van der Waals surface area contributed by atoms with Gasteiger partial charge in [-0.05, 0) is 25.0 Å². The second-order valence-electron chi connectivity index (χ2n) is 5.28. The van der Waals surface area contributed by atoms with Crippen LogP contribution in [-0.2, 0) is 6.42 Å². The van der Waals surface area contributed by atoms with Gasteiger partial charge in [-0.15, -0.1) is 0 Å². The van der Waals surface area contributed by atoms with Crippen LogP contribution < -0.4 is 10.1 Å². The molecule has 1 unspecified atom stereocenters. The molecule has 0 aliphatic carbocycles. The number of rotatable bonds is 5. The highest BCUT2D eigenvalue weighted by atomic mass is 19.4. The number of aromatic nitrogens is 3. The lowest BCUT2D eigenvalue weighted by molar-refractivity contribution is -0.149. The van der Waals surface area contributed by atoms with Gasteiger partial charge >= 0.3 is 6.18 Å². The normalized spacial score (nSPS) is 12.7. The minimum atomic E-state index is -4.56. The van der Waals surface area contributed by atoms with Crippen molar-refractivity contribution in [3.63, 3.8) is 0 Å². The zero-order chi connectivity index (χ0) is 18.8. The fraction of sp³-hybridized carbons (Fsp3) is 0.400. The molecule has 0 aliphatic heterocycles. The molecule has 1 atom stereocenters. The SMILES string of the molecule is CCc1cc(-c2n[nH]c(C(=O)NC(C)C(F)(F)F)n2)c(OC)cc1O. The molecule has 10 heteroatoms. The first-order valence-electron chi connectivity index (χ1n) is 7.37. The lowest BCUT2D eigenvalue weighted by Crippen LogP contribution is -2.43. The maximum Gasteiger partial charge on any atom is 0.408 e. The molecule has 0 saturated heterocycles. The fourth-order valence-corrected chi connectivity index (χ4v) is 2.07. The molecule has 25 heavy (non-hydrogen) atoms. The Balaban J connectivity index is 2.31. The van der Waals surface area contributed by atoms with Crippen molar-refractivity contribution in [1.29, 1.82) is 0 Å². The van der Waals surface area contributed by atoms with Crippen LogP contribution in [-0.4, -0.2) is 45.5 Å². The molecule has 0 saturated carbocycles. The van der Waals surface area contributed by atoms with Crippen LogP contribution in [0.5, 0.6) is 11.5 Å². The summed E-state index contributed by atoms with van der Waals surface area (Å²) in [7, 11) is 1.38. The van der Waals surface area contributed by atoms with E-state index in [2.05, 4.69) is 15.2 Å². The number of benzene rings is 1. The first kappa shape index (κ1) is 18.6. The van der Waals surface area contributed by atoms with Crippen LogP contribution in [0.3, 0.4) is 0 Å². The number of hydrogen-bond acceptors (Lipinski definition) is 5. The van der Waals surface area contributed by atoms with Gasteiger partial charge in [0.05, 0.1) is 12.7 Å². The number of halogens is 3. The van der Waals surface area contributed by atoms with Crippen molar-refractivity contribution in [2.45, 2.75) is 32.5 Å². The van der Waals surface area contributed by atoms with Gasteiger partial charge in [0.15, 0.2) is 5.82 Å². The van der Waals surface area contributed by atoms with E-state index in [0.29, 0.717) is 17.5 Å². The average molecular weight is 358 g/mol. The molecule has 0 fully saturated rings. The minimum Gasteiger partial charge on any atom is -0.508 e. The largest absolute Gasteiger partial charge is 0.508 e. The monoisotopic (exact) mass is 358 g/mol. The minimum absolute atomic E-state index is 0.0376. The number of carbonyl (C=O) groups is 1. The Morgan fingerprint density at radius 3 is 2.68 bits per heavy atom. The number of amides is 1. The third kappa shape index (κ3) is 4.01. The molecule has 1 amide bonds. The van der Waals surface area contributed by atoms with E-state index in [-0.39, 0.29) is 23.1 Å². The summed E-state index contributed by atoms with van der Waals surface area (Å²) in [6, 6.07) is 0.955. The lowest BCUT2D eigenvalue weighted by atomic mass is 10.1. The molecule has 136 valence electrons. The summed E-state index contributed by atoms with van der Waals surface area (Å²) in [5.41, 5.74) is 1.01. The van der Waals surface area contributed by atoms with Crippen molar-refractivity contribution >= 4 is 5.91 Å². The topological polar surface area (TPSA) is 100 Å². The number of hydrogen-bond donors (Lipinski definition) is 3. The standard InChI is InChI=1S/C15H17F3N4O3/c1-4-8-5-9(11(25-3)6-10(8)23)12-20-13(22-21-12)14(24)19-7(2)15(16,17)18/h5-7,23H,4H2,1-3H3,(H,19,24)(H,20,21,22). The quantitative estimate of drug-likeness (QED) is 0.762. The Morgan fingerprint density at radius 1 is 1.44 bits per heavy atom. The van der Waals surface area contributed by atoms with E-state index in [0.717, 1.165) is 6.92 Å². The van der Waals surface area contributed by atoms with Crippen LogP contribution in [0.4, 0.5) is 13.2 Å². The molecule has 0 bridgehead atoms. The molecule has 7 nitrogen and oxygen atoms in total. The molecular weight excluding hydrogens is 341 g/mol. The Hall–Kier alpha value is -2.78. The number of H-pyrrole nitrogens is 1. The zero-order valence-corrected chi connectivity index (χ0v) is 13.7. The molecule has 0 aliphatic rings. The predicted molar refractivity (Wildman–Crippen MR) is 82.4 cm³/mol. The van der Waals surface area contributed by atoms with Crippen molar-refractivity contribution in [2.75, 3.05) is 7.11 Å². The smallest absolute Gasteiger partial charge is 0.408 e. The average Bonchev–Trinajstić information content (AvgIpc) is 3.03. The number of alkyl halides is 3. The molecule has 0 radical (unpaired) electrons. The molecule has 2 aromatic rings. The van der Waals surface area contributed by atoms with E-state index in [9.17, 15) is 23.1 Å². The van der Waals surface area contributed by atoms with Crippen molar-refractivity contribution < 1.29 is 27.8 Å². The number of aromatic amines is 1. The van der Waals surface area contributed by atoms with Gasteiger partial charge in [0.25, 0.3) is 5.91 Å². The van der Waals surface area contributed by atoms with Crippen LogP contribution >= 0.6 is 0 Å². The maximum absolute atomic E-state index is 12.5. The number of ether oxygens (including phenoxy) is 1. The number of nitrogens with zero attached hydrogens (tertiary/aromatic N) is 2. The summed E-state index contributed by atoms with van der Waals surface area (Å²) >= 11 is 0. The van der Waals surface area contributed by atoms with Gasteiger partial charge in [0.1, 0.15) is 17.5 Å². The zero-order valence-electron chi connectivity index (χ0n) is 13.7. The first-order chi connectivity index (χ1) is 11.7. The van der Waals surface area contributed by atoms with Crippen LogP contribution in [0, 0.1) is 0 Å². The highest BCUT2D eigenvalue weighted by molar-refractivity contribution is 5.91. The molecular formula is C15H17F3N4O3. The van der Waals surface area contributed by atoms with Gasteiger partial charge in [-0.1, -0.05) is 6.92 Å². The molecule has 0 spiro atoms. The van der Waals surface area contributed by atoms with Gasteiger partial charge < -0.3 is 15.2 Å². The number of aryl methyl sites for hydroxylation is 1. The van der Waals surface area contributed by atoms with E-state index < -0.39 is 18.1 Å². The molecule has 1 aromatic heterocycles. The fourth-order valence-electron chi connectivity index (χ4n) is 2.07. The van der Waals surface area contributed by atoms with Gasteiger partial charge in [-0.2, -0.15) is 18.3 Å². The van der Waals surface area contributed by atoms with E-state index in [1.807, 2.05) is 6.92 Å². The summed E-state index contributed by atoms with van der Waals surface area (Å²) in [5, 5.41) is 17.8. The number of methoxy groups -OCH3 is 1. The molecule has 3 N–H and O–H groups in total. The van der Waals surface area contributed by atoms with Gasteiger partial charge in [-0.25, -0.2) is 4.98 Å². The van der Waals surface area contributed by atoms with Crippen LogP contribution in [0.15, 0.2) is 12.1 Å². The molecule has 1 heterocycles. The van der Waals surface area contributed by atoms with Gasteiger partial charge in [-0.3, -0.25) is 9.89 Å². The Kier molecular flexibility index (Phi) is 5.19. The molecule has 1 aromatic carbocycles. The van der Waals surface area contributed by atoms with Crippen molar-refractivity contribution in [3.05, 3.63) is 23.5 Å². The van der Waals surface area contributed by atoms with Gasteiger partial charge in [0.2, 0.25) is 5.82 Å². The second kappa shape index (κ2) is 6.99. The molecule has 2 rings (SSSR count). The summed E-state index contributed by atoms with van der Waals surface area (Å²) in [5.74, 6) is -1.02. The third-order valence-corrected chi connectivity index (χ3v) is 3.56. The summed E-state index contributed by atoms with van der Waals surface area (Å²) < 4.78 is 42.7. The van der Waals surface area contributed by atoms with Gasteiger partial charge in [0, 0.05) is 6.07 Å². The highest BCUT2D eigenvalue weighted by Gasteiger charge is 2.37. The van der Waals surface area contributed by atoms with E-state index >= 15 is 0 Å². The number of aromatic hydroxyl groups is 1. The summed E-state index contributed by atoms with van der Waals surface area (Å²) in [4.78, 5) is 15.8. The number of phenols is 1. The number of phenolic OH excluding ortho intramolecular Hbond substituents is 1. The Bertz CT molecular complexity index is 774. The summed E-state index contributed by atoms with van der Waals surface area (Å²) in [6.45, 7) is 2.66. The van der Waals surface area contributed by atoms with Crippen molar-refractivity contribution in [1.82, 2.24) is 20.5 Å². The third-order valence-electron chi connectivity index (χ3n) is 3.56. The van der Waals surface area contributed by atoms with E-state index in [1.54, 1.807) is 11.4 Å². The second-order valence-corrected chi connectivity index (χ2v) is 5.28. The van der Waals surface area contributed by atoms with Crippen LogP contribution in [0.25, 0.3) is 11.4 Å². The highest BCUT2D eigenvalue weighted by Crippen LogP contribution is 2.34. The summed E-state index contributed by atoms with van der Waals surface area (Å²) in [6.07, 6.45) is -4.03. The number of nitrogens with one attached hydrogen (secondary N) is 2. The van der Waals surface area contributed by atoms with Crippen molar-refractivity contribution in [3.8, 4) is 22.9 Å². The Morgan fingerprint density at radius 2 is 2.12 bits per heavy atom. The first-order valence-corrected chi connectivity index (χ1v) is 7.37. The van der Waals surface area contributed by atoms with Crippen LogP contribution in [0.2, 0.25) is 0 Å². The van der Waals surface area contributed by atoms with E-state index in [1.165, 1.54) is 13.2 Å². The Labute approximate surface area is 141 Å². The van der Waals surface area contributed by atoms with Crippen LogP contribution in [0.1, 0.15) is 30.0 Å².